The van der Waals surface area contributed by atoms with Crippen LogP contribution in [0.25, 0.3) is 22.2 Å². The lowest BCUT2D eigenvalue weighted by Crippen LogP contribution is -2.09. The van der Waals surface area contributed by atoms with Gasteiger partial charge in [-0.3, -0.25) is 10.1 Å². The number of benzene rings is 2. The maximum absolute atomic E-state index is 14.1. The average molecular weight is 367 g/mol. The zero-order valence-electron chi connectivity index (χ0n) is 12.2. The summed E-state index contributed by atoms with van der Waals surface area (Å²) in [6.07, 6.45) is 0. The molecule has 3 rings (SSSR count). The molecule has 0 bridgehead atoms. The quantitative estimate of drug-likeness (QED) is 0.541. The summed E-state index contributed by atoms with van der Waals surface area (Å²) < 4.78 is 24.2. The lowest BCUT2D eigenvalue weighted by molar-refractivity contribution is -0.384. The Hall–Kier alpha value is -3.20. The zero-order chi connectivity index (χ0) is 18.1. The second-order valence-corrected chi connectivity index (χ2v) is 5.27. The smallest absolute Gasteiger partial charge is 0.341 e. The van der Waals surface area contributed by atoms with Crippen molar-refractivity contribution in [1.82, 2.24) is 5.16 Å². The predicted octanol–water partition coefficient (Wildman–Crippen LogP) is 3.66. The highest BCUT2D eigenvalue weighted by molar-refractivity contribution is 6.36. The number of ether oxygens (including phenoxy) is 1. The number of nitrogens with zero attached hydrogens (tertiary/aromatic N) is 2. The molecular weight excluding hydrogens is 359 g/mol. The Morgan fingerprint density at radius 3 is 2.84 bits per heavy atom. The first-order chi connectivity index (χ1) is 11.9. The number of nitro benzene ring substituents is 1. The Balaban J connectivity index is 2.10. The molecule has 0 spiro atoms. The van der Waals surface area contributed by atoms with Gasteiger partial charge in [-0.2, -0.15) is 0 Å². The summed E-state index contributed by atoms with van der Waals surface area (Å²) in [5.41, 5.74) is -0.350. The number of fused-ring (bicyclic) bond motifs is 1. The number of hydrogen-bond acceptors (Lipinski definition) is 6. The van der Waals surface area contributed by atoms with E-state index in [1.807, 2.05) is 0 Å². The van der Waals surface area contributed by atoms with Crippen LogP contribution in [0.4, 0.5) is 10.1 Å². The van der Waals surface area contributed by atoms with Crippen molar-refractivity contribution < 1.29 is 28.5 Å². The minimum absolute atomic E-state index is 0.0304. The fraction of sp³-hybridized carbons (Fsp3) is 0.0667. The number of hydrogen-bond donors (Lipinski definition) is 1. The molecule has 0 radical (unpaired) electrons. The largest absolute Gasteiger partial charge is 0.480 e. The van der Waals surface area contributed by atoms with Gasteiger partial charge in [-0.15, -0.1) is 0 Å². The Kier molecular flexibility index (Phi) is 4.24. The highest BCUT2D eigenvalue weighted by atomic mass is 35.5. The summed E-state index contributed by atoms with van der Waals surface area (Å²) in [5.74, 6) is -1.85. The molecule has 0 saturated carbocycles. The number of halogens is 2. The molecule has 0 aliphatic heterocycles. The molecule has 10 heteroatoms. The van der Waals surface area contributed by atoms with Gasteiger partial charge in [0.1, 0.15) is 22.3 Å². The summed E-state index contributed by atoms with van der Waals surface area (Å²) in [6, 6.07) is 5.85. The van der Waals surface area contributed by atoms with Gasteiger partial charge in [0, 0.05) is 17.7 Å². The highest BCUT2D eigenvalue weighted by Crippen LogP contribution is 2.38. The molecule has 128 valence electrons. The van der Waals surface area contributed by atoms with Crippen molar-refractivity contribution in [3.05, 3.63) is 51.3 Å². The van der Waals surface area contributed by atoms with Crippen molar-refractivity contribution >= 4 is 34.2 Å². The first kappa shape index (κ1) is 16.7. The maximum atomic E-state index is 14.1. The maximum Gasteiger partial charge on any atom is 0.341 e. The molecule has 1 aromatic heterocycles. The van der Waals surface area contributed by atoms with E-state index in [0.29, 0.717) is 5.39 Å². The van der Waals surface area contributed by atoms with Crippen LogP contribution in [0.2, 0.25) is 5.02 Å². The first-order valence-corrected chi connectivity index (χ1v) is 7.13. The van der Waals surface area contributed by atoms with Gasteiger partial charge in [0.25, 0.3) is 5.69 Å². The number of aliphatic carboxylic acids is 1. The summed E-state index contributed by atoms with van der Waals surface area (Å²) in [4.78, 5) is 20.8. The third-order valence-corrected chi connectivity index (χ3v) is 3.67. The van der Waals surface area contributed by atoms with Crippen LogP contribution >= 0.6 is 11.6 Å². The zero-order valence-corrected chi connectivity index (χ0v) is 13.0. The van der Waals surface area contributed by atoms with E-state index in [9.17, 15) is 19.3 Å². The van der Waals surface area contributed by atoms with Crippen molar-refractivity contribution in [1.29, 1.82) is 0 Å². The van der Waals surface area contributed by atoms with E-state index in [0.717, 1.165) is 18.2 Å². The van der Waals surface area contributed by atoms with Gasteiger partial charge < -0.3 is 14.4 Å². The summed E-state index contributed by atoms with van der Waals surface area (Å²) in [6.45, 7) is -0.605. The summed E-state index contributed by atoms with van der Waals surface area (Å²) in [5, 5.41) is 23.5. The lowest BCUT2D eigenvalue weighted by Gasteiger charge is -2.05. The molecule has 3 aromatic rings. The standard InChI is InChI=1S/C15H8ClFN2O6/c16-13-11(24-6-12(20)21)4-2-8-14(18-25-15(8)13)9-5-7(19(22)23)1-3-10(9)17/h1-5H,6H2,(H,20,21). The third-order valence-electron chi connectivity index (χ3n) is 3.31. The van der Waals surface area contributed by atoms with Crippen LogP contribution in [-0.4, -0.2) is 27.8 Å². The highest BCUT2D eigenvalue weighted by Gasteiger charge is 2.21. The SMILES string of the molecule is O=C(O)COc1ccc2c(-c3cc([N+](=O)[O-])ccc3F)noc2c1Cl. The molecule has 1 heterocycles. The number of carboxylic acids is 1. The fourth-order valence-electron chi connectivity index (χ4n) is 2.21. The molecule has 2 aromatic carbocycles. The van der Waals surface area contributed by atoms with E-state index in [1.165, 1.54) is 12.1 Å². The molecule has 8 nitrogen and oxygen atoms in total. The molecule has 0 saturated heterocycles. The van der Waals surface area contributed by atoms with Gasteiger partial charge in [0.15, 0.2) is 12.2 Å². The van der Waals surface area contributed by atoms with E-state index in [4.69, 9.17) is 26.0 Å². The topological polar surface area (TPSA) is 116 Å². The Bertz CT molecular complexity index is 1000. The Labute approximate surface area is 143 Å². The lowest BCUT2D eigenvalue weighted by atomic mass is 10.1. The average Bonchev–Trinajstić information content (AvgIpc) is 2.99. The molecular formula is C15H8ClFN2O6. The van der Waals surface area contributed by atoms with E-state index < -0.39 is 23.3 Å². The van der Waals surface area contributed by atoms with E-state index in [-0.39, 0.29) is 33.3 Å². The van der Waals surface area contributed by atoms with Crippen molar-refractivity contribution in [2.45, 2.75) is 0 Å². The normalized spacial score (nSPS) is 10.8. The molecule has 0 aliphatic carbocycles. The van der Waals surface area contributed by atoms with E-state index in [2.05, 4.69) is 5.16 Å². The van der Waals surface area contributed by atoms with Gasteiger partial charge in [-0.05, 0) is 18.2 Å². The minimum Gasteiger partial charge on any atom is -0.480 e. The molecule has 0 unspecified atom stereocenters. The Morgan fingerprint density at radius 1 is 1.40 bits per heavy atom. The molecule has 0 amide bonds. The number of non-ortho nitro benzene ring substituents is 1. The van der Waals surface area contributed by atoms with E-state index >= 15 is 0 Å². The van der Waals surface area contributed by atoms with Crippen LogP contribution in [0.15, 0.2) is 34.9 Å². The van der Waals surface area contributed by atoms with Gasteiger partial charge >= 0.3 is 5.97 Å². The first-order valence-electron chi connectivity index (χ1n) is 6.75. The number of aromatic nitrogens is 1. The summed E-state index contributed by atoms with van der Waals surface area (Å²) >= 11 is 6.09. The number of rotatable bonds is 5. The minimum atomic E-state index is -1.19. The van der Waals surface area contributed by atoms with E-state index in [1.54, 1.807) is 0 Å². The molecule has 25 heavy (non-hydrogen) atoms. The van der Waals surface area contributed by atoms with Gasteiger partial charge in [-0.1, -0.05) is 16.8 Å². The predicted molar refractivity (Wildman–Crippen MR) is 84.2 cm³/mol. The van der Waals surface area contributed by atoms with Crippen LogP contribution in [0.1, 0.15) is 0 Å². The number of carboxylic acid groups (broad SMARTS) is 1. The van der Waals surface area contributed by atoms with Crippen molar-refractivity contribution in [3.63, 3.8) is 0 Å². The number of carbonyl (C=O) groups is 1. The third kappa shape index (κ3) is 3.09. The fourth-order valence-corrected chi connectivity index (χ4v) is 2.46. The van der Waals surface area contributed by atoms with Gasteiger partial charge in [0.2, 0.25) is 0 Å². The second kappa shape index (κ2) is 6.36. The Morgan fingerprint density at radius 2 is 2.16 bits per heavy atom. The second-order valence-electron chi connectivity index (χ2n) is 4.89. The van der Waals surface area contributed by atoms with Crippen LogP contribution in [0.3, 0.4) is 0 Å². The van der Waals surface area contributed by atoms with Crippen LogP contribution < -0.4 is 4.74 Å². The van der Waals surface area contributed by atoms with Crippen molar-refractivity contribution in [2.75, 3.05) is 6.61 Å². The summed E-state index contributed by atoms with van der Waals surface area (Å²) in [7, 11) is 0. The monoisotopic (exact) mass is 366 g/mol. The number of nitro groups is 1. The van der Waals surface area contributed by atoms with Crippen LogP contribution in [0, 0.1) is 15.9 Å². The van der Waals surface area contributed by atoms with Crippen molar-refractivity contribution in [3.8, 4) is 17.0 Å². The van der Waals surface area contributed by atoms with Crippen LogP contribution in [0.5, 0.6) is 5.75 Å². The van der Waals surface area contributed by atoms with Crippen LogP contribution in [-0.2, 0) is 4.79 Å². The van der Waals surface area contributed by atoms with Crippen molar-refractivity contribution in [2.24, 2.45) is 0 Å². The van der Waals surface area contributed by atoms with Gasteiger partial charge in [-0.25, -0.2) is 9.18 Å². The van der Waals surface area contributed by atoms with Gasteiger partial charge in [0.05, 0.1) is 10.3 Å². The molecule has 1 N–H and O–H groups in total. The molecule has 0 aliphatic rings. The molecule has 0 atom stereocenters. The molecule has 0 fully saturated rings.